The number of aliphatic hydroxyl groups is 1. The van der Waals surface area contributed by atoms with E-state index in [9.17, 15) is 31.1 Å². The average Bonchev–Trinajstić information content (AvgIpc) is 3.03. The van der Waals surface area contributed by atoms with Gasteiger partial charge < -0.3 is 5.11 Å². The first-order valence-corrected chi connectivity index (χ1v) is 7.28. The molecule has 0 saturated heterocycles. The first-order chi connectivity index (χ1) is 12.0. The lowest BCUT2D eigenvalue weighted by molar-refractivity contribution is -0.143. The number of hydrogen-bond donors (Lipinski definition) is 1. The van der Waals surface area contributed by atoms with E-state index in [4.69, 9.17) is 5.11 Å². The number of aromatic nitrogens is 3. The van der Waals surface area contributed by atoms with Gasteiger partial charge in [-0.2, -0.15) is 26.3 Å². The van der Waals surface area contributed by atoms with Gasteiger partial charge in [-0.15, -0.1) is 5.10 Å². The Hall–Kier alpha value is -2.21. The van der Waals surface area contributed by atoms with Gasteiger partial charge >= 0.3 is 12.4 Å². The average molecular weight is 446 g/mol. The molecule has 1 N–H and O–H groups in total. The molecule has 0 radical (unpaired) electrons. The van der Waals surface area contributed by atoms with E-state index in [1.807, 2.05) is 0 Å². The second-order valence-electron chi connectivity index (χ2n) is 4.47. The Labute approximate surface area is 151 Å². The number of benzene rings is 1. The third-order valence-electron chi connectivity index (χ3n) is 2.72. The Morgan fingerprint density at radius 2 is 1.58 bits per heavy atom. The number of hydrogen-bond acceptors (Lipinski definition) is 4. The van der Waals surface area contributed by atoms with Crippen LogP contribution >= 0.6 is 15.9 Å². The summed E-state index contributed by atoms with van der Waals surface area (Å²) in [4.78, 5) is 14.1. The molecule has 1 aromatic heterocycles. The summed E-state index contributed by atoms with van der Waals surface area (Å²) in [5.41, 5.74) is -3.38. The lowest BCUT2D eigenvalue weighted by atomic mass is 10.0. The van der Waals surface area contributed by atoms with Gasteiger partial charge in [0.25, 0.3) is 0 Å². The lowest BCUT2D eigenvalue weighted by Crippen LogP contribution is -2.11. The Morgan fingerprint density at radius 3 is 2.00 bits per heavy atom. The highest BCUT2D eigenvalue weighted by atomic mass is 79.9. The summed E-state index contributed by atoms with van der Waals surface area (Å²) < 4.78 is 77.9. The molecule has 0 spiro atoms. The standard InChI is InChI=1S/C13H6BrF6N3O.CH4O/c14-10(5-24)4-23-6-21-11(22-23)7-1-8(12(15,16)17)3-9(2-7)13(18,19)20;1-2/h1-6H;2H,1H3/b10-4-;. The van der Waals surface area contributed by atoms with Gasteiger partial charge in [-0.1, -0.05) is 0 Å². The van der Waals surface area contributed by atoms with Crippen LogP contribution in [0.3, 0.4) is 0 Å². The van der Waals surface area contributed by atoms with Crippen LogP contribution in [0.25, 0.3) is 17.6 Å². The number of carbonyl (C=O) groups is 1. The van der Waals surface area contributed by atoms with Gasteiger partial charge in [0, 0.05) is 18.9 Å². The minimum absolute atomic E-state index is 0.0172. The number of rotatable bonds is 3. The summed E-state index contributed by atoms with van der Waals surface area (Å²) in [6.45, 7) is 0. The van der Waals surface area contributed by atoms with Crippen LogP contribution in [0.1, 0.15) is 11.1 Å². The molecule has 2 rings (SSSR count). The minimum atomic E-state index is -4.96. The van der Waals surface area contributed by atoms with Gasteiger partial charge in [-0.3, -0.25) is 4.79 Å². The normalized spacial score (nSPS) is 12.4. The van der Waals surface area contributed by atoms with Crippen molar-refractivity contribution in [2.75, 3.05) is 7.11 Å². The SMILES string of the molecule is CO.O=C/C(Br)=C/n1cnc(-c2cc(C(F)(F)F)cc(C(F)(F)F)c2)n1. The van der Waals surface area contributed by atoms with E-state index in [0.29, 0.717) is 18.4 Å². The number of halogens is 7. The maximum Gasteiger partial charge on any atom is 0.416 e. The van der Waals surface area contributed by atoms with E-state index in [2.05, 4.69) is 26.0 Å². The summed E-state index contributed by atoms with van der Waals surface area (Å²) in [5.74, 6) is -0.353. The maximum atomic E-state index is 12.8. The maximum absolute atomic E-state index is 12.8. The summed E-state index contributed by atoms with van der Waals surface area (Å²) in [6, 6.07) is 1.06. The molecule has 1 heterocycles. The summed E-state index contributed by atoms with van der Waals surface area (Å²) in [7, 11) is 1.00. The van der Waals surface area contributed by atoms with Crippen molar-refractivity contribution in [1.29, 1.82) is 0 Å². The van der Waals surface area contributed by atoms with Crippen LogP contribution in [0.2, 0.25) is 0 Å². The molecule has 142 valence electrons. The zero-order valence-corrected chi connectivity index (χ0v) is 14.4. The molecular formula is C14H10BrF6N3O2. The van der Waals surface area contributed by atoms with Crippen molar-refractivity contribution in [3.8, 4) is 11.4 Å². The Morgan fingerprint density at radius 1 is 1.08 bits per heavy atom. The summed E-state index contributed by atoms with van der Waals surface area (Å²) in [5, 5.41) is 10.7. The zero-order chi connectivity index (χ0) is 20.1. The molecule has 5 nitrogen and oxygen atoms in total. The molecule has 26 heavy (non-hydrogen) atoms. The highest BCUT2D eigenvalue weighted by molar-refractivity contribution is 9.12. The predicted molar refractivity (Wildman–Crippen MR) is 82.9 cm³/mol. The molecule has 0 unspecified atom stereocenters. The molecular weight excluding hydrogens is 436 g/mol. The van der Waals surface area contributed by atoms with Crippen LogP contribution in [0.4, 0.5) is 26.3 Å². The summed E-state index contributed by atoms with van der Waals surface area (Å²) in [6.07, 6.45) is -7.32. The molecule has 0 fully saturated rings. The molecule has 0 aliphatic carbocycles. The van der Waals surface area contributed by atoms with Gasteiger partial charge in [-0.05, 0) is 34.1 Å². The smallest absolute Gasteiger partial charge is 0.400 e. The molecule has 0 aliphatic heterocycles. The molecule has 0 saturated carbocycles. The lowest BCUT2D eigenvalue weighted by Gasteiger charge is -2.13. The second kappa shape index (κ2) is 8.45. The van der Waals surface area contributed by atoms with E-state index in [1.54, 1.807) is 0 Å². The molecule has 1 aromatic carbocycles. The Kier molecular flexibility index (Phi) is 7.09. The van der Waals surface area contributed by atoms with Crippen molar-refractivity contribution in [2.24, 2.45) is 0 Å². The van der Waals surface area contributed by atoms with Gasteiger partial charge in [-0.25, -0.2) is 9.67 Å². The predicted octanol–water partition coefficient (Wildman–Crippen LogP) is 3.98. The van der Waals surface area contributed by atoms with Crippen LogP contribution in [0.5, 0.6) is 0 Å². The van der Waals surface area contributed by atoms with Crippen molar-refractivity contribution in [1.82, 2.24) is 14.8 Å². The van der Waals surface area contributed by atoms with Crippen LogP contribution in [0.15, 0.2) is 29.0 Å². The second-order valence-corrected chi connectivity index (χ2v) is 5.39. The number of alkyl halides is 6. The number of allylic oxidation sites excluding steroid dienone is 1. The van der Waals surface area contributed by atoms with Crippen LogP contribution in [-0.2, 0) is 17.1 Å². The minimum Gasteiger partial charge on any atom is -0.400 e. The molecule has 0 atom stereocenters. The van der Waals surface area contributed by atoms with Crippen LogP contribution in [-0.4, -0.2) is 33.3 Å². The van der Waals surface area contributed by atoms with Crippen molar-refractivity contribution in [3.05, 3.63) is 40.1 Å². The molecule has 0 amide bonds. The molecule has 0 aliphatic rings. The van der Waals surface area contributed by atoms with Crippen molar-refractivity contribution < 1.29 is 36.2 Å². The number of aliphatic hydroxyl groups excluding tert-OH is 1. The third kappa shape index (κ3) is 5.66. The summed E-state index contributed by atoms with van der Waals surface area (Å²) >= 11 is 2.86. The molecule has 0 bridgehead atoms. The first-order valence-electron chi connectivity index (χ1n) is 6.49. The Bertz CT molecular complexity index is 766. The molecule has 12 heteroatoms. The topological polar surface area (TPSA) is 68.0 Å². The van der Waals surface area contributed by atoms with Crippen LogP contribution < -0.4 is 0 Å². The molecule has 2 aromatic rings. The first kappa shape index (κ1) is 21.8. The number of aldehydes is 1. The third-order valence-corrected chi connectivity index (χ3v) is 3.11. The van der Waals surface area contributed by atoms with Crippen molar-refractivity contribution in [2.45, 2.75) is 12.4 Å². The fraction of sp³-hybridized carbons (Fsp3) is 0.214. The quantitative estimate of drug-likeness (QED) is 0.440. The fourth-order valence-corrected chi connectivity index (χ4v) is 1.92. The van der Waals surface area contributed by atoms with E-state index in [-0.39, 0.29) is 16.4 Å². The van der Waals surface area contributed by atoms with E-state index in [0.717, 1.165) is 24.3 Å². The highest BCUT2D eigenvalue weighted by Gasteiger charge is 2.37. The van der Waals surface area contributed by atoms with Crippen LogP contribution in [0, 0.1) is 0 Å². The fourth-order valence-electron chi connectivity index (χ4n) is 1.71. The van der Waals surface area contributed by atoms with E-state index in [1.165, 1.54) is 0 Å². The largest absolute Gasteiger partial charge is 0.416 e. The zero-order valence-electron chi connectivity index (χ0n) is 12.8. The van der Waals surface area contributed by atoms with E-state index >= 15 is 0 Å². The number of carbonyl (C=O) groups excluding carboxylic acids is 1. The monoisotopic (exact) mass is 445 g/mol. The number of nitrogens with zero attached hydrogens (tertiary/aromatic N) is 3. The Balaban J connectivity index is 0.00000163. The van der Waals surface area contributed by atoms with Gasteiger partial charge in [0.15, 0.2) is 12.1 Å². The van der Waals surface area contributed by atoms with Crippen molar-refractivity contribution in [3.63, 3.8) is 0 Å². The van der Waals surface area contributed by atoms with Gasteiger partial charge in [0.1, 0.15) is 6.33 Å². The van der Waals surface area contributed by atoms with E-state index < -0.39 is 29.0 Å². The highest BCUT2D eigenvalue weighted by Crippen LogP contribution is 2.38. The van der Waals surface area contributed by atoms with Gasteiger partial charge in [0.05, 0.1) is 15.6 Å². The van der Waals surface area contributed by atoms with Crippen molar-refractivity contribution >= 4 is 28.4 Å². The van der Waals surface area contributed by atoms with Gasteiger partial charge in [0.2, 0.25) is 0 Å².